The molecular weight excluding hydrogens is 371 g/mol. The topological polar surface area (TPSA) is 76.4 Å². The van der Waals surface area contributed by atoms with Crippen molar-refractivity contribution in [3.63, 3.8) is 0 Å². The van der Waals surface area contributed by atoms with Crippen LogP contribution in [0.15, 0.2) is 52.3 Å². The number of nitriles is 1. The number of alkyl halides is 2. The van der Waals surface area contributed by atoms with Crippen LogP contribution in [-0.2, 0) is 9.84 Å². The van der Waals surface area contributed by atoms with E-state index in [1.807, 2.05) is 0 Å². The molecule has 2 aromatic carbocycles. The van der Waals surface area contributed by atoms with E-state index in [0.29, 0.717) is 0 Å². The number of allylic oxidation sites excluding steroid dienone is 1. The molecule has 0 radical (unpaired) electrons. The maximum atomic E-state index is 13.0. The van der Waals surface area contributed by atoms with Gasteiger partial charge in [-0.3, -0.25) is 0 Å². The number of rotatable bonds is 6. The molecular formula is C17H12F3NO4S. The summed E-state index contributed by atoms with van der Waals surface area (Å²) in [6.07, 6.45) is 1.05. The second kappa shape index (κ2) is 7.93. The van der Waals surface area contributed by atoms with E-state index < -0.39 is 27.2 Å². The van der Waals surface area contributed by atoms with Crippen LogP contribution in [0.2, 0.25) is 0 Å². The number of hydrogen-bond donors (Lipinski definition) is 0. The Hall–Kier alpha value is -2.99. The molecule has 0 aliphatic heterocycles. The lowest BCUT2D eigenvalue weighted by atomic mass is 10.2. The number of hydrogen-bond acceptors (Lipinski definition) is 5. The minimum absolute atomic E-state index is 0.0597. The van der Waals surface area contributed by atoms with Gasteiger partial charge in [0.1, 0.15) is 16.8 Å². The molecule has 9 heteroatoms. The normalized spacial score (nSPS) is 11.9. The summed E-state index contributed by atoms with van der Waals surface area (Å²) >= 11 is 0. The van der Waals surface area contributed by atoms with Crippen molar-refractivity contribution in [1.82, 2.24) is 0 Å². The highest BCUT2D eigenvalue weighted by atomic mass is 32.2. The Morgan fingerprint density at radius 1 is 1.15 bits per heavy atom. The maximum absolute atomic E-state index is 13.0. The van der Waals surface area contributed by atoms with E-state index in [9.17, 15) is 26.9 Å². The molecule has 0 amide bonds. The third-order valence-corrected chi connectivity index (χ3v) is 4.91. The fourth-order valence-corrected chi connectivity index (χ4v) is 3.19. The van der Waals surface area contributed by atoms with Crippen molar-refractivity contribution in [3.8, 4) is 17.6 Å². The summed E-state index contributed by atoms with van der Waals surface area (Å²) in [6.45, 7) is -3.06. The minimum atomic E-state index is -4.17. The smallest absolute Gasteiger partial charge is 0.387 e. The van der Waals surface area contributed by atoms with Gasteiger partial charge in [-0.25, -0.2) is 12.8 Å². The molecule has 0 saturated carbocycles. The zero-order valence-electron chi connectivity index (χ0n) is 13.3. The molecule has 0 spiro atoms. The Morgan fingerprint density at radius 3 is 2.35 bits per heavy atom. The minimum Gasteiger partial charge on any atom is -0.493 e. The largest absolute Gasteiger partial charge is 0.493 e. The van der Waals surface area contributed by atoms with Gasteiger partial charge < -0.3 is 9.47 Å². The zero-order valence-corrected chi connectivity index (χ0v) is 14.1. The number of halogens is 3. The van der Waals surface area contributed by atoms with Crippen LogP contribution in [0.3, 0.4) is 0 Å². The third kappa shape index (κ3) is 4.34. The molecule has 0 N–H and O–H groups in total. The maximum Gasteiger partial charge on any atom is 0.387 e. The van der Waals surface area contributed by atoms with Crippen LogP contribution < -0.4 is 9.47 Å². The Kier molecular flexibility index (Phi) is 5.90. The van der Waals surface area contributed by atoms with Crippen molar-refractivity contribution in [2.24, 2.45) is 0 Å². The van der Waals surface area contributed by atoms with Gasteiger partial charge in [-0.05, 0) is 48.0 Å². The van der Waals surface area contributed by atoms with Gasteiger partial charge in [0.25, 0.3) is 0 Å². The van der Waals surface area contributed by atoms with E-state index in [1.165, 1.54) is 19.2 Å². The second-order valence-corrected chi connectivity index (χ2v) is 6.78. The van der Waals surface area contributed by atoms with Crippen molar-refractivity contribution in [2.75, 3.05) is 7.11 Å². The fourth-order valence-electron chi connectivity index (χ4n) is 2.03. The Labute approximate surface area is 147 Å². The predicted molar refractivity (Wildman–Crippen MR) is 86.8 cm³/mol. The molecule has 2 aromatic rings. The molecule has 0 saturated heterocycles. The monoisotopic (exact) mass is 383 g/mol. The Balaban J connectivity index is 2.45. The molecule has 2 rings (SSSR count). The van der Waals surface area contributed by atoms with Gasteiger partial charge >= 0.3 is 6.61 Å². The van der Waals surface area contributed by atoms with E-state index in [0.717, 1.165) is 36.4 Å². The summed E-state index contributed by atoms with van der Waals surface area (Å²) < 4.78 is 71.8. The lowest BCUT2D eigenvalue weighted by Crippen LogP contribution is -2.04. The first kappa shape index (κ1) is 19.3. The number of sulfone groups is 1. The second-order valence-electron chi connectivity index (χ2n) is 4.87. The van der Waals surface area contributed by atoms with Crippen LogP contribution in [0, 0.1) is 17.1 Å². The summed E-state index contributed by atoms with van der Waals surface area (Å²) in [5.74, 6) is -0.916. The van der Waals surface area contributed by atoms with E-state index in [4.69, 9.17) is 4.74 Å². The molecule has 0 bridgehead atoms. The van der Waals surface area contributed by atoms with Crippen LogP contribution in [0.5, 0.6) is 11.5 Å². The molecule has 0 aliphatic carbocycles. The number of methoxy groups -OCH3 is 1. The van der Waals surface area contributed by atoms with Gasteiger partial charge in [0, 0.05) is 0 Å². The average molecular weight is 383 g/mol. The molecule has 0 heterocycles. The van der Waals surface area contributed by atoms with E-state index in [-0.39, 0.29) is 22.0 Å². The van der Waals surface area contributed by atoms with Crippen LogP contribution in [0.25, 0.3) is 6.08 Å². The van der Waals surface area contributed by atoms with E-state index >= 15 is 0 Å². The van der Waals surface area contributed by atoms with E-state index in [1.54, 1.807) is 6.07 Å². The number of benzene rings is 2. The predicted octanol–water partition coefficient (Wildman–Crippen LogP) is 3.77. The summed E-state index contributed by atoms with van der Waals surface area (Å²) in [5, 5.41) is 9.21. The number of nitrogens with zero attached hydrogens (tertiary/aromatic N) is 1. The van der Waals surface area contributed by atoms with Gasteiger partial charge in [-0.1, -0.05) is 6.07 Å². The molecule has 0 atom stereocenters. The lowest BCUT2D eigenvalue weighted by Gasteiger charge is -2.10. The van der Waals surface area contributed by atoms with Crippen molar-refractivity contribution in [1.29, 1.82) is 5.26 Å². The van der Waals surface area contributed by atoms with Crippen molar-refractivity contribution < 1.29 is 31.1 Å². The average Bonchev–Trinajstić information content (AvgIpc) is 2.60. The first-order valence-corrected chi connectivity index (χ1v) is 8.51. The first-order valence-electron chi connectivity index (χ1n) is 7.03. The summed E-state index contributed by atoms with van der Waals surface area (Å²) in [7, 11) is -2.95. The van der Waals surface area contributed by atoms with Gasteiger partial charge in [0.2, 0.25) is 9.84 Å². The molecule has 26 heavy (non-hydrogen) atoms. The Morgan fingerprint density at radius 2 is 1.81 bits per heavy atom. The summed E-state index contributed by atoms with van der Waals surface area (Å²) in [6, 6.07) is 9.27. The van der Waals surface area contributed by atoms with Gasteiger partial charge in [-0.2, -0.15) is 14.0 Å². The van der Waals surface area contributed by atoms with E-state index in [2.05, 4.69) is 4.74 Å². The van der Waals surface area contributed by atoms with Crippen molar-refractivity contribution >= 4 is 15.9 Å². The Bertz CT molecular complexity index is 964. The highest BCUT2D eigenvalue weighted by Crippen LogP contribution is 2.31. The zero-order chi connectivity index (χ0) is 19.3. The van der Waals surface area contributed by atoms with Gasteiger partial charge in [-0.15, -0.1) is 0 Å². The summed E-state index contributed by atoms with van der Waals surface area (Å²) in [5.41, 5.74) is 0.214. The van der Waals surface area contributed by atoms with Crippen molar-refractivity contribution in [3.05, 3.63) is 58.8 Å². The molecule has 0 unspecified atom stereocenters. The lowest BCUT2D eigenvalue weighted by molar-refractivity contribution is -0.0512. The SMILES string of the molecule is COc1cc(C=C(C#N)S(=O)(=O)c2ccc(F)cc2)ccc1OC(F)F. The fraction of sp³-hybridized carbons (Fsp3) is 0.118. The molecule has 136 valence electrons. The van der Waals surface area contributed by atoms with Crippen LogP contribution in [0.4, 0.5) is 13.2 Å². The standard InChI is InChI=1S/C17H12F3NO4S/c1-24-16-9-11(2-7-15(16)25-17(19)20)8-14(10-21)26(22,23)13-5-3-12(18)4-6-13/h2-9,17H,1H3. The highest BCUT2D eigenvalue weighted by molar-refractivity contribution is 7.95. The quantitative estimate of drug-likeness (QED) is 0.561. The number of ether oxygens (including phenoxy) is 2. The van der Waals surface area contributed by atoms with Gasteiger partial charge in [0.15, 0.2) is 11.5 Å². The van der Waals surface area contributed by atoms with Crippen LogP contribution >= 0.6 is 0 Å². The molecule has 5 nitrogen and oxygen atoms in total. The summed E-state index contributed by atoms with van der Waals surface area (Å²) in [4.78, 5) is -0.856. The first-order chi connectivity index (χ1) is 12.3. The third-order valence-electron chi connectivity index (χ3n) is 3.23. The van der Waals surface area contributed by atoms with Gasteiger partial charge in [0.05, 0.1) is 12.0 Å². The van der Waals surface area contributed by atoms with Crippen LogP contribution in [0.1, 0.15) is 5.56 Å². The van der Waals surface area contributed by atoms with Crippen LogP contribution in [-0.4, -0.2) is 22.1 Å². The highest BCUT2D eigenvalue weighted by Gasteiger charge is 2.21. The van der Waals surface area contributed by atoms with Crippen molar-refractivity contribution in [2.45, 2.75) is 11.5 Å². The molecule has 0 fully saturated rings. The molecule has 0 aliphatic rings. The molecule has 0 aromatic heterocycles.